The maximum atomic E-state index is 6.02. The van der Waals surface area contributed by atoms with Gasteiger partial charge < -0.3 is 13.6 Å². The van der Waals surface area contributed by atoms with Crippen LogP contribution in [0.2, 0.25) is 39.3 Å². The predicted molar refractivity (Wildman–Crippen MR) is 105 cm³/mol. The van der Waals surface area contributed by atoms with Gasteiger partial charge in [-0.1, -0.05) is 45.6 Å². The van der Waals surface area contributed by atoms with Gasteiger partial charge in [0, 0.05) is 0 Å². The summed E-state index contributed by atoms with van der Waals surface area (Å²) in [6.07, 6.45) is 9.32. The highest BCUT2D eigenvalue weighted by molar-refractivity contribution is 6.70. The zero-order valence-electron chi connectivity index (χ0n) is 16.5. The van der Waals surface area contributed by atoms with Crippen LogP contribution in [0.3, 0.4) is 0 Å². The molecule has 0 radical (unpaired) electrons. The largest absolute Gasteiger partial charge is 0.545 e. The average Bonchev–Trinajstić information content (AvgIpc) is 2.33. The molecule has 0 atom stereocenters. The second-order valence-electron chi connectivity index (χ2n) is 7.97. The number of rotatable bonds is 13. The molecule has 0 heterocycles. The van der Waals surface area contributed by atoms with E-state index in [1.54, 1.807) is 0 Å². The van der Waals surface area contributed by atoms with Gasteiger partial charge in [0.2, 0.25) is 16.6 Å². The van der Waals surface area contributed by atoms with E-state index in [1.165, 1.54) is 32.1 Å². The number of hydrogen-bond acceptors (Lipinski definition) is 3. The van der Waals surface area contributed by atoms with Gasteiger partial charge in [-0.05, 0) is 45.7 Å². The molecule has 0 aliphatic rings. The van der Waals surface area contributed by atoms with Crippen LogP contribution in [0.25, 0.3) is 0 Å². The topological polar surface area (TPSA) is 27.7 Å². The minimum atomic E-state index is -1.71. The van der Waals surface area contributed by atoms with Gasteiger partial charge >= 0.3 is 0 Å². The van der Waals surface area contributed by atoms with Gasteiger partial charge in [-0.25, -0.2) is 0 Å². The lowest BCUT2D eigenvalue weighted by Crippen LogP contribution is -2.27. The van der Waals surface area contributed by atoms with E-state index in [4.69, 9.17) is 13.6 Å². The summed E-state index contributed by atoms with van der Waals surface area (Å²) in [6.45, 7) is 19.8. The molecule has 0 aromatic rings. The number of hydrogen-bond donors (Lipinski definition) is 0. The second-order valence-corrected chi connectivity index (χ2v) is 16.8. The van der Waals surface area contributed by atoms with Crippen molar-refractivity contribution in [2.45, 2.75) is 84.7 Å². The Hall–Kier alpha value is -0.686. The Balaban J connectivity index is 4.38. The summed E-state index contributed by atoms with van der Waals surface area (Å²) in [5.74, 6) is 1.21. The summed E-state index contributed by atoms with van der Waals surface area (Å²) in [5.41, 5.74) is 0. The Kier molecular flexibility index (Phi) is 10.6. The van der Waals surface area contributed by atoms with E-state index in [2.05, 4.69) is 52.8 Å². The first kappa shape index (κ1) is 22.3. The van der Waals surface area contributed by atoms with Crippen molar-refractivity contribution in [2.24, 2.45) is 0 Å². The predicted octanol–water partition coefficient (Wildman–Crippen LogP) is 6.42. The van der Waals surface area contributed by atoms with E-state index < -0.39 is 16.6 Å². The van der Waals surface area contributed by atoms with E-state index in [0.717, 1.165) is 6.42 Å². The van der Waals surface area contributed by atoms with Crippen molar-refractivity contribution in [1.82, 2.24) is 0 Å². The Labute approximate surface area is 146 Å². The Morgan fingerprint density at radius 3 is 1.87 bits per heavy atom. The first-order valence-electron chi connectivity index (χ1n) is 8.95. The summed E-state index contributed by atoms with van der Waals surface area (Å²) >= 11 is 0. The molecule has 0 bridgehead atoms. The van der Waals surface area contributed by atoms with Gasteiger partial charge in [-0.2, -0.15) is 0 Å². The van der Waals surface area contributed by atoms with E-state index in [0.29, 0.717) is 18.3 Å². The molecule has 0 N–H and O–H groups in total. The summed E-state index contributed by atoms with van der Waals surface area (Å²) < 4.78 is 17.8. The highest BCUT2D eigenvalue weighted by atomic mass is 28.4. The van der Waals surface area contributed by atoms with Crippen LogP contribution >= 0.6 is 0 Å². The molecule has 0 saturated carbocycles. The van der Waals surface area contributed by atoms with E-state index >= 15 is 0 Å². The Bertz CT molecular complexity index is 365. The number of ether oxygens (including phenoxy) is 1. The summed E-state index contributed by atoms with van der Waals surface area (Å²) in [6, 6.07) is 0. The van der Waals surface area contributed by atoms with Gasteiger partial charge in [-0.3, -0.25) is 0 Å². The Morgan fingerprint density at radius 2 is 1.35 bits per heavy atom. The van der Waals surface area contributed by atoms with Crippen LogP contribution < -0.4 is 0 Å². The van der Waals surface area contributed by atoms with Gasteiger partial charge in [-0.15, -0.1) is 0 Å². The third-order valence-electron chi connectivity index (χ3n) is 2.87. The SMILES string of the molecule is C=C(/C=C(/OCCCCCCCC)O[Si](C)(C)C)O[Si](C)(C)C. The lowest BCUT2D eigenvalue weighted by Gasteiger charge is -2.24. The first-order valence-corrected chi connectivity index (χ1v) is 15.8. The minimum absolute atomic E-state index is 0.570. The molecule has 0 unspecified atom stereocenters. The molecule has 136 valence electrons. The third kappa shape index (κ3) is 16.0. The highest BCUT2D eigenvalue weighted by Gasteiger charge is 2.20. The normalized spacial score (nSPS) is 12.9. The minimum Gasteiger partial charge on any atom is -0.545 e. The zero-order valence-corrected chi connectivity index (χ0v) is 18.5. The average molecular weight is 359 g/mol. The van der Waals surface area contributed by atoms with Crippen LogP contribution in [0.4, 0.5) is 0 Å². The fourth-order valence-electron chi connectivity index (χ4n) is 2.01. The fraction of sp³-hybridized carbons (Fsp3) is 0.778. The van der Waals surface area contributed by atoms with Crippen LogP contribution in [0, 0.1) is 0 Å². The van der Waals surface area contributed by atoms with Crippen LogP contribution in [0.1, 0.15) is 45.4 Å². The highest BCUT2D eigenvalue weighted by Crippen LogP contribution is 2.17. The molecule has 0 aromatic heterocycles. The van der Waals surface area contributed by atoms with Crippen LogP contribution in [0.15, 0.2) is 24.4 Å². The second kappa shape index (κ2) is 11.0. The van der Waals surface area contributed by atoms with Crippen LogP contribution in [-0.2, 0) is 13.6 Å². The van der Waals surface area contributed by atoms with E-state index in [-0.39, 0.29) is 0 Å². The maximum absolute atomic E-state index is 6.02. The van der Waals surface area contributed by atoms with Gasteiger partial charge in [0.1, 0.15) is 5.76 Å². The van der Waals surface area contributed by atoms with Gasteiger partial charge in [0.15, 0.2) is 0 Å². The number of allylic oxidation sites excluding steroid dienone is 1. The molecule has 0 aromatic carbocycles. The van der Waals surface area contributed by atoms with Crippen molar-refractivity contribution in [3.05, 3.63) is 24.4 Å². The molecule has 0 rings (SSSR count). The molecular formula is C18H38O3Si2. The zero-order chi connectivity index (χ0) is 17.9. The van der Waals surface area contributed by atoms with Crippen molar-refractivity contribution in [2.75, 3.05) is 6.61 Å². The molecule has 5 heteroatoms. The lowest BCUT2D eigenvalue weighted by molar-refractivity contribution is 0.0985. The standard InChI is InChI=1S/C18H38O3Si2/c1-9-10-11-12-13-14-15-19-18(21-23(6,7)8)16-17(2)20-22(3,4)5/h16H,2,9-15H2,1,3-8H3/b18-16-. The molecule has 0 saturated heterocycles. The molecule has 0 spiro atoms. The smallest absolute Gasteiger partial charge is 0.268 e. The van der Waals surface area contributed by atoms with E-state index in [9.17, 15) is 0 Å². The molecule has 0 amide bonds. The Morgan fingerprint density at radius 1 is 0.826 bits per heavy atom. The molecular weight excluding hydrogens is 320 g/mol. The summed E-state index contributed by atoms with van der Waals surface area (Å²) in [4.78, 5) is 0. The first-order chi connectivity index (χ1) is 10.5. The lowest BCUT2D eigenvalue weighted by atomic mass is 10.1. The maximum Gasteiger partial charge on any atom is 0.268 e. The van der Waals surface area contributed by atoms with E-state index in [1.807, 2.05) is 6.08 Å². The monoisotopic (exact) mass is 358 g/mol. The van der Waals surface area contributed by atoms with Crippen molar-refractivity contribution in [3.63, 3.8) is 0 Å². The van der Waals surface area contributed by atoms with Crippen molar-refractivity contribution in [1.29, 1.82) is 0 Å². The van der Waals surface area contributed by atoms with Gasteiger partial charge in [0.25, 0.3) is 5.95 Å². The molecule has 0 aliphatic heterocycles. The van der Waals surface area contributed by atoms with Gasteiger partial charge in [0.05, 0.1) is 12.7 Å². The van der Waals surface area contributed by atoms with Crippen LogP contribution in [0.5, 0.6) is 0 Å². The molecule has 0 aliphatic carbocycles. The molecule has 3 nitrogen and oxygen atoms in total. The third-order valence-corrected chi connectivity index (χ3v) is 4.55. The van der Waals surface area contributed by atoms with Crippen molar-refractivity contribution < 1.29 is 13.6 Å². The van der Waals surface area contributed by atoms with Crippen molar-refractivity contribution >= 4 is 16.6 Å². The number of unbranched alkanes of at least 4 members (excludes halogenated alkanes) is 5. The summed E-state index contributed by atoms with van der Waals surface area (Å²) in [7, 11) is -3.36. The molecule has 0 fully saturated rings. The van der Waals surface area contributed by atoms with Crippen LogP contribution in [-0.4, -0.2) is 23.2 Å². The molecule has 23 heavy (non-hydrogen) atoms. The van der Waals surface area contributed by atoms with Crippen molar-refractivity contribution in [3.8, 4) is 0 Å². The quantitative estimate of drug-likeness (QED) is 0.164. The summed E-state index contributed by atoms with van der Waals surface area (Å²) in [5, 5.41) is 0. The fourth-order valence-corrected chi connectivity index (χ4v) is 3.58.